The summed E-state index contributed by atoms with van der Waals surface area (Å²) in [7, 11) is 0. The van der Waals surface area contributed by atoms with Gasteiger partial charge < -0.3 is 10.6 Å². The van der Waals surface area contributed by atoms with E-state index in [2.05, 4.69) is 32.6 Å². The topological polar surface area (TPSA) is 96.2 Å². The van der Waals surface area contributed by atoms with Crippen LogP contribution in [0.2, 0.25) is 0 Å². The van der Waals surface area contributed by atoms with Gasteiger partial charge in [-0.05, 0) is 30.9 Å². The Balaban J connectivity index is 1.68. The third-order valence-corrected chi connectivity index (χ3v) is 4.28. The summed E-state index contributed by atoms with van der Waals surface area (Å²) in [5.41, 5.74) is 12.6. The van der Waals surface area contributed by atoms with Crippen molar-refractivity contribution in [1.29, 1.82) is 0 Å². The van der Waals surface area contributed by atoms with Crippen LogP contribution in [0, 0.1) is 5.92 Å². The molecule has 0 aliphatic carbocycles. The number of hydrogen-bond acceptors (Lipinski definition) is 6. The highest BCUT2D eigenvalue weighted by atomic mass is 16.2. The number of hydrazine groups is 1. The molecule has 0 atom stereocenters. The van der Waals surface area contributed by atoms with Crippen LogP contribution >= 0.6 is 0 Å². The quantitative estimate of drug-likeness (QED) is 0.744. The number of rotatable bonds is 4. The Kier molecular flexibility index (Phi) is 4.79. The zero-order chi connectivity index (χ0) is 16.9. The van der Waals surface area contributed by atoms with Gasteiger partial charge in [0.1, 0.15) is 12.0 Å². The first-order valence-corrected chi connectivity index (χ1v) is 8.12. The van der Waals surface area contributed by atoms with Crippen molar-refractivity contribution in [1.82, 2.24) is 15.4 Å². The summed E-state index contributed by atoms with van der Waals surface area (Å²) < 4.78 is 0. The average Bonchev–Trinajstić information content (AvgIpc) is 2.62. The highest BCUT2D eigenvalue weighted by Gasteiger charge is 2.20. The smallest absolute Gasteiger partial charge is 0.269 e. The van der Waals surface area contributed by atoms with Crippen molar-refractivity contribution >= 4 is 23.2 Å². The largest absolute Gasteiger partial charge is 0.393 e. The number of nitrogens with two attached hydrogens (primary N) is 1. The number of nitrogens with zero attached hydrogens (tertiary/aromatic N) is 3. The number of anilines is 3. The Morgan fingerprint density at radius 3 is 2.62 bits per heavy atom. The van der Waals surface area contributed by atoms with Crippen LogP contribution in [0.4, 0.5) is 17.3 Å². The van der Waals surface area contributed by atoms with Crippen LogP contribution in [-0.4, -0.2) is 29.0 Å². The summed E-state index contributed by atoms with van der Waals surface area (Å²) >= 11 is 0. The summed E-state index contributed by atoms with van der Waals surface area (Å²) in [6, 6.07) is 8.95. The number of piperidine rings is 1. The van der Waals surface area contributed by atoms with E-state index in [4.69, 9.17) is 5.73 Å². The van der Waals surface area contributed by atoms with Crippen LogP contribution in [-0.2, 0) is 0 Å². The van der Waals surface area contributed by atoms with Crippen LogP contribution < -0.4 is 21.5 Å². The van der Waals surface area contributed by atoms with Crippen molar-refractivity contribution in [2.45, 2.75) is 19.8 Å². The number of amides is 1. The molecule has 0 unspecified atom stereocenters. The maximum atomic E-state index is 12.1. The number of carbonyl (C=O) groups excluding carboxylic acids is 1. The summed E-state index contributed by atoms with van der Waals surface area (Å²) in [5.74, 6) is 1.60. The number of aromatic nitrogens is 2. The van der Waals surface area contributed by atoms with E-state index in [0.717, 1.165) is 31.8 Å². The van der Waals surface area contributed by atoms with Crippen molar-refractivity contribution in [3.63, 3.8) is 0 Å². The molecule has 24 heavy (non-hydrogen) atoms. The number of hydrogen-bond donors (Lipinski definition) is 3. The van der Waals surface area contributed by atoms with Crippen molar-refractivity contribution in [3.05, 3.63) is 42.2 Å². The molecule has 1 aromatic heterocycles. The summed E-state index contributed by atoms with van der Waals surface area (Å²) in [4.78, 5) is 22.7. The first-order valence-electron chi connectivity index (χ1n) is 8.12. The molecule has 0 bridgehead atoms. The molecule has 2 aromatic rings. The molecule has 7 nitrogen and oxygen atoms in total. The summed E-state index contributed by atoms with van der Waals surface area (Å²) in [6.45, 7) is 4.11. The van der Waals surface area contributed by atoms with Gasteiger partial charge in [0.05, 0.1) is 0 Å². The fourth-order valence-corrected chi connectivity index (χ4v) is 2.74. The van der Waals surface area contributed by atoms with Gasteiger partial charge >= 0.3 is 0 Å². The lowest BCUT2D eigenvalue weighted by molar-refractivity contribution is 0.0962. The molecule has 1 aliphatic heterocycles. The molecule has 126 valence electrons. The lowest BCUT2D eigenvalue weighted by atomic mass is 9.99. The van der Waals surface area contributed by atoms with Gasteiger partial charge in [0.25, 0.3) is 5.91 Å². The number of benzene rings is 1. The van der Waals surface area contributed by atoms with Crippen LogP contribution in [0.1, 0.15) is 30.1 Å². The van der Waals surface area contributed by atoms with Gasteiger partial charge in [-0.1, -0.05) is 25.1 Å². The second kappa shape index (κ2) is 7.16. The van der Waals surface area contributed by atoms with Gasteiger partial charge in [-0.3, -0.25) is 15.6 Å². The standard InChI is InChI=1S/C17H22N6O/c1-12-7-9-23(10-8-12)16-14(18)15(19-11-20-16)21-22-17(24)13-5-3-2-4-6-13/h2-6,11-12H,7-10,18H2,1H3,(H,22,24)(H,19,20,21). The normalized spacial score (nSPS) is 15.1. The third kappa shape index (κ3) is 3.56. The Morgan fingerprint density at radius 2 is 1.92 bits per heavy atom. The van der Waals surface area contributed by atoms with Crippen molar-refractivity contribution in [2.24, 2.45) is 5.92 Å². The molecule has 0 saturated carbocycles. The Labute approximate surface area is 141 Å². The number of carbonyl (C=O) groups is 1. The van der Waals surface area contributed by atoms with Crippen LogP contribution in [0.3, 0.4) is 0 Å². The first kappa shape index (κ1) is 16.0. The van der Waals surface area contributed by atoms with E-state index < -0.39 is 0 Å². The molecule has 4 N–H and O–H groups in total. The van der Waals surface area contributed by atoms with Crippen LogP contribution in [0.5, 0.6) is 0 Å². The van der Waals surface area contributed by atoms with Crippen LogP contribution in [0.15, 0.2) is 36.7 Å². The fourth-order valence-electron chi connectivity index (χ4n) is 2.74. The van der Waals surface area contributed by atoms with Crippen LogP contribution in [0.25, 0.3) is 0 Å². The van der Waals surface area contributed by atoms with Crippen molar-refractivity contribution in [2.75, 3.05) is 29.1 Å². The maximum Gasteiger partial charge on any atom is 0.269 e. The molecule has 3 rings (SSSR count). The Bertz CT molecular complexity index is 697. The monoisotopic (exact) mass is 326 g/mol. The lowest BCUT2D eigenvalue weighted by Crippen LogP contribution is -2.35. The van der Waals surface area contributed by atoms with Gasteiger partial charge in [-0.25, -0.2) is 9.97 Å². The molecule has 0 radical (unpaired) electrons. The predicted molar refractivity (Wildman–Crippen MR) is 94.6 cm³/mol. The van der Waals surface area contributed by atoms with E-state index in [1.165, 1.54) is 6.33 Å². The molecule has 0 spiro atoms. The van der Waals surface area contributed by atoms with E-state index in [1.54, 1.807) is 12.1 Å². The van der Waals surface area contributed by atoms with Gasteiger partial charge in [0, 0.05) is 18.7 Å². The minimum absolute atomic E-state index is 0.248. The molecular formula is C17H22N6O. The Morgan fingerprint density at radius 1 is 1.21 bits per heavy atom. The predicted octanol–water partition coefficient (Wildman–Crippen LogP) is 2.05. The zero-order valence-corrected chi connectivity index (χ0v) is 13.7. The summed E-state index contributed by atoms with van der Waals surface area (Å²) in [6.07, 6.45) is 3.70. The molecule has 2 heterocycles. The second-order valence-corrected chi connectivity index (χ2v) is 6.07. The molecule has 1 fully saturated rings. The van der Waals surface area contributed by atoms with Gasteiger partial charge in [0.2, 0.25) is 0 Å². The highest BCUT2D eigenvalue weighted by Crippen LogP contribution is 2.29. The average molecular weight is 326 g/mol. The SMILES string of the molecule is CC1CCN(c2ncnc(NNC(=O)c3ccccc3)c2N)CC1. The maximum absolute atomic E-state index is 12.1. The molecule has 7 heteroatoms. The van der Waals surface area contributed by atoms with Gasteiger partial charge in [0.15, 0.2) is 11.6 Å². The lowest BCUT2D eigenvalue weighted by Gasteiger charge is -2.32. The van der Waals surface area contributed by atoms with E-state index in [1.807, 2.05) is 18.2 Å². The van der Waals surface area contributed by atoms with Gasteiger partial charge in [-0.2, -0.15) is 0 Å². The number of nitrogen functional groups attached to an aromatic ring is 1. The molecule has 1 saturated heterocycles. The molecule has 1 aromatic carbocycles. The van der Waals surface area contributed by atoms with E-state index in [0.29, 0.717) is 22.9 Å². The first-order chi connectivity index (χ1) is 11.6. The second-order valence-electron chi connectivity index (χ2n) is 6.07. The van der Waals surface area contributed by atoms with E-state index in [9.17, 15) is 4.79 Å². The molecule has 1 amide bonds. The van der Waals surface area contributed by atoms with Crippen molar-refractivity contribution < 1.29 is 4.79 Å². The Hall–Kier alpha value is -2.83. The zero-order valence-electron chi connectivity index (χ0n) is 13.7. The van der Waals surface area contributed by atoms with E-state index >= 15 is 0 Å². The van der Waals surface area contributed by atoms with Gasteiger partial charge in [-0.15, -0.1) is 0 Å². The third-order valence-electron chi connectivity index (χ3n) is 4.28. The summed E-state index contributed by atoms with van der Waals surface area (Å²) in [5, 5.41) is 0. The minimum atomic E-state index is -0.248. The minimum Gasteiger partial charge on any atom is -0.393 e. The van der Waals surface area contributed by atoms with Crippen molar-refractivity contribution in [3.8, 4) is 0 Å². The fraction of sp³-hybridized carbons (Fsp3) is 0.353. The highest BCUT2D eigenvalue weighted by molar-refractivity contribution is 5.95. The number of nitrogens with one attached hydrogen (secondary N) is 2. The molecule has 1 aliphatic rings. The van der Waals surface area contributed by atoms with E-state index in [-0.39, 0.29) is 5.91 Å². The molecular weight excluding hydrogens is 304 g/mol.